The summed E-state index contributed by atoms with van der Waals surface area (Å²) in [5, 5.41) is 13.5. The third-order valence-corrected chi connectivity index (χ3v) is 3.44. The van der Waals surface area contributed by atoms with E-state index in [9.17, 15) is 13.2 Å². The standard InChI is InChI=1S/C11H9F3N6S/c1-19-3-2-9(17-19)20-5-7(16-18-20)8-6-21-10(15-8)4-11(12,13)14/h2-3,5-6H,4H2,1H3. The lowest BCUT2D eigenvalue weighted by Crippen LogP contribution is -2.11. The van der Waals surface area contributed by atoms with E-state index in [0.29, 0.717) is 17.2 Å². The molecule has 0 N–H and O–H groups in total. The van der Waals surface area contributed by atoms with Crippen molar-refractivity contribution in [2.75, 3.05) is 0 Å². The van der Waals surface area contributed by atoms with Crippen molar-refractivity contribution in [1.29, 1.82) is 0 Å². The maximum atomic E-state index is 12.3. The van der Waals surface area contributed by atoms with E-state index in [1.807, 2.05) is 0 Å². The summed E-state index contributed by atoms with van der Waals surface area (Å²) in [4.78, 5) is 3.94. The molecule has 3 heterocycles. The molecule has 6 nitrogen and oxygen atoms in total. The molecular weight excluding hydrogens is 305 g/mol. The highest BCUT2D eigenvalue weighted by Gasteiger charge is 2.29. The first-order valence-electron chi connectivity index (χ1n) is 5.84. The Morgan fingerprint density at radius 2 is 2.10 bits per heavy atom. The summed E-state index contributed by atoms with van der Waals surface area (Å²) in [5.41, 5.74) is 0.784. The number of thiazole rings is 1. The van der Waals surface area contributed by atoms with E-state index >= 15 is 0 Å². The number of aryl methyl sites for hydroxylation is 1. The third kappa shape index (κ3) is 3.10. The van der Waals surface area contributed by atoms with E-state index in [0.717, 1.165) is 11.3 Å². The van der Waals surface area contributed by atoms with Crippen molar-refractivity contribution in [2.24, 2.45) is 7.05 Å². The molecule has 0 aliphatic heterocycles. The van der Waals surface area contributed by atoms with Crippen molar-refractivity contribution in [3.63, 3.8) is 0 Å². The van der Waals surface area contributed by atoms with Crippen LogP contribution in [0.25, 0.3) is 17.2 Å². The Labute approximate surface area is 120 Å². The van der Waals surface area contributed by atoms with Crippen LogP contribution in [0.5, 0.6) is 0 Å². The Morgan fingerprint density at radius 3 is 2.76 bits per heavy atom. The molecule has 3 rings (SSSR count). The summed E-state index contributed by atoms with van der Waals surface area (Å²) < 4.78 is 40.0. The van der Waals surface area contributed by atoms with E-state index in [1.165, 1.54) is 10.1 Å². The molecule has 10 heteroatoms. The highest BCUT2D eigenvalue weighted by molar-refractivity contribution is 7.09. The minimum Gasteiger partial charge on any atom is -0.274 e. The molecule has 110 valence electrons. The van der Waals surface area contributed by atoms with Gasteiger partial charge >= 0.3 is 6.18 Å². The van der Waals surface area contributed by atoms with E-state index in [1.54, 1.807) is 30.2 Å². The van der Waals surface area contributed by atoms with Crippen LogP contribution >= 0.6 is 11.3 Å². The van der Waals surface area contributed by atoms with E-state index in [-0.39, 0.29) is 5.01 Å². The molecular formula is C11H9F3N6S. The molecule has 0 saturated carbocycles. The summed E-state index contributed by atoms with van der Waals surface area (Å²) >= 11 is 0.953. The predicted molar refractivity (Wildman–Crippen MR) is 69.0 cm³/mol. The van der Waals surface area contributed by atoms with Gasteiger partial charge in [-0.15, -0.1) is 16.4 Å². The third-order valence-electron chi connectivity index (χ3n) is 2.59. The number of hydrogen-bond donors (Lipinski definition) is 0. The van der Waals surface area contributed by atoms with Crippen LogP contribution in [0.4, 0.5) is 13.2 Å². The normalized spacial score (nSPS) is 12.0. The van der Waals surface area contributed by atoms with Crippen molar-refractivity contribution in [2.45, 2.75) is 12.6 Å². The van der Waals surface area contributed by atoms with Gasteiger partial charge in [0, 0.05) is 24.7 Å². The second kappa shape index (κ2) is 4.95. The zero-order chi connectivity index (χ0) is 15.0. The van der Waals surface area contributed by atoms with Gasteiger partial charge in [0.15, 0.2) is 5.82 Å². The largest absolute Gasteiger partial charge is 0.395 e. The first-order chi connectivity index (χ1) is 9.90. The van der Waals surface area contributed by atoms with Crippen molar-refractivity contribution in [3.8, 4) is 17.2 Å². The number of aromatic nitrogens is 6. The molecule has 0 fully saturated rings. The van der Waals surface area contributed by atoms with Gasteiger partial charge in [0.05, 0.1) is 12.6 Å². The van der Waals surface area contributed by atoms with Crippen molar-refractivity contribution in [1.82, 2.24) is 29.8 Å². The van der Waals surface area contributed by atoms with Gasteiger partial charge in [0.25, 0.3) is 0 Å². The average Bonchev–Trinajstić information content (AvgIpc) is 3.05. The van der Waals surface area contributed by atoms with Gasteiger partial charge in [0.1, 0.15) is 16.4 Å². The first-order valence-corrected chi connectivity index (χ1v) is 6.72. The summed E-state index contributed by atoms with van der Waals surface area (Å²) in [5.74, 6) is 0.571. The molecule has 0 saturated heterocycles. The molecule has 0 spiro atoms. The summed E-state index contributed by atoms with van der Waals surface area (Å²) in [6.07, 6.45) is -1.97. The zero-order valence-corrected chi connectivity index (χ0v) is 11.6. The lowest BCUT2D eigenvalue weighted by atomic mass is 10.3. The number of rotatable bonds is 3. The van der Waals surface area contributed by atoms with Gasteiger partial charge in [0.2, 0.25) is 0 Å². The summed E-state index contributed by atoms with van der Waals surface area (Å²) in [6.45, 7) is 0. The zero-order valence-electron chi connectivity index (χ0n) is 10.7. The van der Waals surface area contributed by atoms with Crippen LogP contribution in [0.3, 0.4) is 0 Å². The Hall–Kier alpha value is -2.23. The second-order valence-electron chi connectivity index (χ2n) is 4.31. The molecule has 0 bridgehead atoms. The molecule has 0 aromatic carbocycles. The topological polar surface area (TPSA) is 61.4 Å². The molecule has 0 radical (unpaired) electrons. The second-order valence-corrected chi connectivity index (χ2v) is 5.26. The number of hydrogen-bond acceptors (Lipinski definition) is 5. The number of halogens is 3. The van der Waals surface area contributed by atoms with Crippen LogP contribution in [0.2, 0.25) is 0 Å². The highest BCUT2D eigenvalue weighted by Crippen LogP contribution is 2.26. The lowest BCUT2D eigenvalue weighted by molar-refractivity contribution is -0.127. The molecule has 0 atom stereocenters. The maximum absolute atomic E-state index is 12.3. The van der Waals surface area contributed by atoms with E-state index in [4.69, 9.17) is 0 Å². The fourth-order valence-electron chi connectivity index (χ4n) is 1.70. The first kappa shape index (κ1) is 13.7. The van der Waals surface area contributed by atoms with Gasteiger partial charge in [-0.1, -0.05) is 5.21 Å². The van der Waals surface area contributed by atoms with Crippen molar-refractivity contribution in [3.05, 3.63) is 28.8 Å². The summed E-state index contributed by atoms with van der Waals surface area (Å²) in [7, 11) is 1.77. The quantitative estimate of drug-likeness (QED) is 0.744. The van der Waals surface area contributed by atoms with Crippen LogP contribution in [-0.4, -0.2) is 35.9 Å². The van der Waals surface area contributed by atoms with Crippen molar-refractivity contribution >= 4 is 11.3 Å². The van der Waals surface area contributed by atoms with E-state index in [2.05, 4.69) is 20.4 Å². The van der Waals surface area contributed by atoms with Crippen LogP contribution in [0.1, 0.15) is 5.01 Å². The van der Waals surface area contributed by atoms with Gasteiger partial charge in [-0.05, 0) is 0 Å². The monoisotopic (exact) mass is 314 g/mol. The van der Waals surface area contributed by atoms with Crippen LogP contribution in [-0.2, 0) is 13.5 Å². The smallest absolute Gasteiger partial charge is 0.274 e. The van der Waals surface area contributed by atoms with Crippen LogP contribution in [0, 0.1) is 0 Å². The minimum absolute atomic E-state index is 0.00452. The molecule has 0 amide bonds. The van der Waals surface area contributed by atoms with Crippen molar-refractivity contribution < 1.29 is 13.2 Å². The Balaban J connectivity index is 1.83. The van der Waals surface area contributed by atoms with Gasteiger partial charge in [-0.2, -0.15) is 23.0 Å². The number of alkyl halides is 3. The fourth-order valence-corrected chi connectivity index (χ4v) is 2.52. The van der Waals surface area contributed by atoms with E-state index < -0.39 is 12.6 Å². The Bertz CT molecular complexity index is 756. The SMILES string of the molecule is Cn1ccc(-n2cc(-c3csc(CC(F)(F)F)n3)nn2)n1. The lowest BCUT2D eigenvalue weighted by Gasteiger charge is -2.01. The Kier molecular flexibility index (Phi) is 3.24. The molecule has 0 aliphatic rings. The molecule has 0 unspecified atom stereocenters. The molecule has 3 aromatic rings. The van der Waals surface area contributed by atoms with Crippen LogP contribution < -0.4 is 0 Å². The Morgan fingerprint density at radius 1 is 1.29 bits per heavy atom. The van der Waals surface area contributed by atoms with Crippen LogP contribution in [0.15, 0.2) is 23.8 Å². The van der Waals surface area contributed by atoms with Gasteiger partial charge in [-0.3, -0.25) is 4.68 Å². The molecule has 21 heavy (non-hydrogen) atoms. The van der Waals surface area contributed by atoms with Gasteiger partial charge in [-0.25, -0.2) is 4.98 Å². The fraction of sp³-hybridized carbons (Fsp3) is 0.273. The molecule has 0 aliphatic carbocycles. The average molecular weight is 314 g/mol. The number of nitrogens with zero attached hydrogens (tertiary/aromatic N) is 6. The highest BCUT2D eigenvalue weighted by atomic mass is 32.1. The maximum Gasteiger partial charge on any atom is 0.395 e. The minimum atomic E-state index is -4.26. The molecule has 3 aromatic heterocycles. The van der Waals surface area contributed by atoms with Gasteiger partial charge < -0.3 is 0 Å². The predicted octanol–water partition coefficient (Wildman–Crippen LogP) is 2.23. The summed E-state index contributed by atoms with van der Waals surface area (Å²) in [6, 6.07) is 1.74.